The number of methoxy groups -OCH3 is 1. The molecular weight excluding hydrogens is 517 g/mol. The van der Waals surface area contributed by atoms with Crippen LogP contribution in [0.2, 0.25) is 0 Å². The molecule has 0 atom stereocenters. The molecule has 1 aliphatic rings. The van der Waals surface area contributed by atoms with Gasteiger partial charge in [-0.15, -0.1) is 0 Å². The number of amides is 1. The summed E-state index contributed by atoms with van der Waals surface area (Å²) in [4.78, 5) is 27.0. The van der Waals surface area contributed by atoms with Crippen LogP contribution in [0.3, 0.4) is 0 Å². The third kappa shape index (κ3) is 7.91. The van der Waals surface area contributed by atoms with E-state index in [0.717, 1.165) is 28.0 Å². The molecule has 0 saturated heterocycles. The van der Waals surface area contributed by atoms with E-state index in [1.807, 2.05) is 50.3 Å². The number of nitrogens with one attached hydrogen (secondary N) is 2. The van der Waals surface area contributed by atoms with Gasteiger partial charge < -0.3 is 19.4 Å². The second kappa shape index (κ2) is 14.5. The molecule has 0 radical (unpaired) electrons. The predicted octanol–water partition coefficient (Wildman–Crippen LogP) is 5.48. The highest BCUT2D eigenvalue weighted by Crippen LogP contribution is 2.28. The lowest BCUT2D eigenvalue weighted by Crippen LogP contribution is -2.39. The van der Waals surface area contributed by atoms with E-state index in [1.165, 1.54) is 23.9 Å². The zero-order chi connectivity index (χ0) is 28.4. The molecule has 0 fully saturated rings. The molecule has 0 saturated carbocycles. The summed E-state index contributed by atoms with van der Waals surface area (Å²) in [7, 11) is 3.25. The van der Waals surface area contributed by atoms with E-state index in [0.29, 0.717) is 19.5 Å². The number of pyridine rings is 1. The highest BCUT2D eigenvalue weighted by Gasteiger charge is 2.27. The molecule has 0 bridgehead atoms. The number of halogens is 1. The van der Waals surface area contributed by atoms with Crippen LogP contribution < -0.4 is 15.5 Å². The molecule has 9 heteroatoms. The molecule has 0 spiro atoms. The van der Waals surface area contributed by atoms with Gasteiger partial charge in [-0.1, -0.05) is 61.2 Å². The standard InChI is InChI=1S/C28H28FN3O3S.C2H6O/c1-3-7-22(15-20-10-11-21(29)14-18(20)2)36-27(30)23-16-32-13-12-31-28(34)24(32)26(25(23)33)35-17-19-8-5-4-6-9-19;1-3-2/h4-11,14,16,30H,3,12-13,15,17H2,1-2H3,(H,31,34);1-2H3/b22-7+,30-27?;. The first-order valence-electron chi connectivity index (χ1n) is 12.6. The van der Waals surface area contributed by atoms with Crippen LogP contribution in [0.1, 0.15) is 46.1 Å². The molecular formula is C30H34FN3O4S. The topological polar surface area (TPSA) is 93.4 Å². The fourth-order valence-corrected chi connectivity index (χ4v) is 5.05. The molecule has 1 aromatic heterocycles. The van der Waals surface area contributed by atoms with Crippen LogP contribution >= 0.6 is 11.8 Å². The van der Waals surface area contributed by atoms with Gasteiger partial charge in [0.15, 0.2) is 11.4 Å². The Morgan fingerprint density at radius 2 is 1.90 bits per heavy atom. The second-order valence-electron chi connectivity index (χ2n) is 8.94. The Balaban J connectivity index is 0.00000134. The van der Waals surface area contributed by atoms with Gasteiger partial charge in [-0.3, -0.25) is 15.0 Å². The number of aryl methyl sites for hydroxylation is 1. The number of hydrogen-bond donors (Lipinski definition) is 2. The lowest BCUT2D eigenvalue weighted by Gasteiger charge is -2.23. The lowest BCUT2D eigenvalue weighted by molar-refractivity contribution is 0.0919. The summed E-state index contributed by atoms with van der Waals surface area (Å²) < 4.78 is 25.4. The van der Waals surface area contributed by atoms with E-state index >= 15 is 0 Å². The maximum absolute atomic E-state index is 13.6. The van der Waals surface area contributed by atoms with Crippen molar-refractivity contribution >= 4 is 22.7 Å². The van der Waals surface area contributed by atoms with Crippen LogP contribution in [0.4, 0.5) is 4.39 Å². The smallest absolute Gasteiger partial charge is 0.272 e. The molecule has 2 aromatic carbocycles. The van der Waals surface area contributed by atoms with Gasteiger partial charge in [-0.2, -0.15) is 0 Å². The fraction of sp³-hybridized carbons (Fsp3) is 0.300. The van der Waals surface area contributed by atoms with Crippen LogP contribution in [0.25, 0.3) is 0 Å². The molecule has 39 heavy (non-hydrogen) atoms. The summed E-state index contributed by atoms with van der Waals surface area (Å²) >= 11 is 1.20. The average Bonchev–Trinajstić information content (AvgIpc) is 2.91. The van der Waals surface area contributed by atoms with Crippen LogP contribution in [-0.4, -0.2) is 36.3 Å². The van der Waals surface area contributed by atoms with Gasteiger partial charge in [0, 0.05) is 39.9 Å². The number of fused-ring (bicyclic) bond motifs is 1. The number of thioether (sulfide) groups is 1. The minimum atomic E-state index is -0.486. The summed E-state index contributed by atoms with van der Waals surface area (Å²) in [6, 6.07) is 14.1. The van der Waals surface area contributed by atoms with Gasteiger partial charge in [0.25, 0.3) is 5.91 Å². The third-order valence-electron chi connectivity index (χ3n) is 5.90. The van der Waals surface area contributed by atoms with Crippen molar-refractivity contribution in [1.82, 2.24) is 9.88 Å². The average molecular weight is 552 g/mol. The minimum absolute atomic E-state index is 0.0469. The zero-order valence-corrected chi connectivity index (χ0v) is 23.5. The van der Waals surface area contributed by atoms with Gasteiger partial charge in [0.1, 0.15) is 17.5 Å². The highest BCUT2D eigenvalue weighted by molar-refractivity contribution is 8.17. The lowest BCUT2D eigenvalue weighted by atomic mass is 10.1. The van der Waals surface area contributed by atoms with Crippen molar-refractivity contribution in [2.45, 2.75) is 39.8 Å². The number of rotatable bonds is 8. The van der Waals surface area contributed by atoms with E-state index in [4.69, 9.17) is 10.1 Å². The summed E-state index contributed by atoms with van der Waals surface area (Å²) in [5.41, 5.74) is 2.53. The molecule has 0 unspecified atom stereocenters. The third-order valence-corrected chi connectivity index (χ3v) is 6.89. The van der Waals surface area contributed by atoms with Crippen molar-refractivity contribution in [3.05, 3.63) is 110 Å². The quantitative estimate of drug-likeness (QED) is 0.286. The molecule has 206 valence electrons. The maximum atomic E-state index is 13.6. The van der Waals surface area contributed by atoms with Gasteiger partial charge in [0.2, 0.25) is 5.43 Å². The number of ether oxygens (including phenoxy) is 2. The highest BCUT2D eigenvalue weighted by atomic mass is 32.2. The molecule has 0 aliphatic carbocycles. The number of allylic oxidation sites excluding steroid dienone is 2. The molecule has 4 rings (SSSR count). The van der Waals surface area contributed by atoms with Crippen LogP contribution in [-0.2, 0) is 24.3 Å². The summed E-state index contributed by atoms with van der Waals surface area (Å²) in [6.45, 7) is 4.89. The molecule has 3 aromatic rings. The fourth-order valence-electron chi connectivity index (χ4n) is 4.06. The van der Waals surface area contributed by atoms with E-state index in [1.54, 1.807) is 31.0 Å². The number of nitrogens with zero attached hydrogens (tertiary/aromatic N) is 1. The van der Waals surface area contributed by atoms with Crippen molar-refractivity contribution in [3.8, 4) is 5.75 Å². The monoisotopic (exact) mass is 551 g/mol. The Labute approximate surface area is 232 Å². The van der Waals surface area contributed by atoms with E-state index in [-0.39, 0.29) is 40.4 Å². The minimum Gasteiger partial charge on any atom is -0.483 e. The Morgan fingerprint density at radius 3 is 2.56 bits per heavy atom. The number of carbonyl (C=O) groups is 1. The molecule has 2 heterocycles. The van der Waals surface area contributed by atoms with Crippen LogP contribution in [0.15, 0.2) is 70.5 Å². The second-order valence-corrected chi connectivity index (χ2v) is 10.1. The van der Waals surface area contributed by atoms with E-state index < -0.39 is 5.43 Å². The van der Waals surface area contributed by atoms with Crippen molar-refractivity contribution in [1.29, 1.82) is 5.41 Å². The summed E-state index contributed by atoms with van der Waals surface area (Å²) in [6.07, 6.45) is 4.87. The molecule has 1 aliphatic heterocycles. The van der Waals surface area contributed by atoms with Crippen LogP contribution in [0, 0.1) is 18.2 Å². The number of benzene rings is 2. The first-order valence-corrected chi connectivity index (χ1v) is 13.4. The van der Waals surface area contributed by atoms with E-state index in [2.05, 4.69) is 10.1 Å². The number of hydrogen-bond acceptors (Lipinski definition) is 6. The normalized spacial score (nSPS) is 12.6. The Bertz CT molecular complexity index is 1400. The Morgan fingerprint density at radius 1 is 1.18 bits per heavy atom. The van der Waals surface area contributed by atoms with Crippen molar-refractivity contribution in [3.63, 3.8) is 0 Å². The van der Waals surface area contributed by atoms with Crippen molar-refractivity contribution in [2.75, 3.05) is 20.8 Å². The predicted molar refractivity (Wildman–Crippen MR) is 154 cm³/mol. The van der Waals surface area contributed by atoms with Crippen LogP contribution in [0.5, 0.6) is 5.75 Å². The Kier molecular flexibility index (Phi) is 11.1. The van der Waals surface area contributed by atoms with Gasteiger partial charge in [-0.05, 0) is 47.1 Å². The van der Waals surface area contributed by atoms with Gasteiger partial charge in [0.05, 0.1) is 5.56 Å². The Hall–Kier alpha value is -3.69. The maximum Gasteiger partial charge on any atom is 0.272 e. The van der Waals surface area contributed by atoms with Gasteiger partial charge in [-0.25, -0.2) is 4.39 Å². The molecule has 1 amide bonds. The summed E-state index contributed by atoms with van der Waals surface area (Å²) in [5.74, 6) is -0.702. The number of aromatic nitrogens is 1. The van der Waals surface area contributed by atoms with Crippen molar-refractivity contribution < 1.29 is 18.7 Å². The van der Waals surface area contributed by atoms with Crippen molar-refractivity contribution in [2.24, 2.45) is 0 Å². The molecule has 2 N–H and O–H groups in total. The summed E-state index contributed by atoms with van der Waals surface area (Å²) in [5, 5.41) is 11.6. The molecule has 7 nitrogen and oxygen atoms in total. The van der Waals surface area contributed by atoms with E-state index in [9.17, 15) is 14.0 Å². The SMILES string of the molecule is CC/C=C(\Cc1ccc(F)cc1C)SC(=N)c1cn2c(c(OCc3ccccc3)c1=O)C(=O)NCC2.COC. The first-order chi connectivity index (χ1) is 18.8. The zero-order valence-electron chi connectivity index (χ0n) is 22.7. The largest absolute Gasteiger partial charge is 0.483 e. The first kappa shape index (κ1) is 29.9. The van der Waals surface area contributed by atoms with Gasteiger partial charge >= 0.3 is 0 Å². The number of carbonyl (C=O) groups excluding carboxylic acids is 1.